The van der Waals surface area contributed by atoms with Crippen LogP contribution in [-0.2, 0) is 0 Å². The summed E-state index contributed by atoms with van der Waals surface area (Å²) >= 11 is 0. The van der Waals surface area contributed by atoms with Crippen LogP contribution in [0.3, 0.4) is 0 Å². The summed E-state index contributed by atoms with van der Waals surface area (Å²) in [6.07, 6.45) is 0. The number of rotatable bonds is 5. The Morgan fingerprint density at radius 3 is 1.44 bits per heavy atom. The van der Waals surface area contributed by atoms with E-state index in [1.165, 1.54) is 43.1 Å². The number of nitrogens with zero attached hydrogens (tertiary/aromatic N) is 1. The first-order valence-corrected chi connectivity index (χ1v) is 17.1. The summed E-state index contributed by atoms with van der Waals surface area (Å²) in [5.41, 5.74) is 7.47. The summed E-state index contributed by atoms with van der Waals surface area (Å²) in [4.78, 5) is 2.46. The van der Waals surface area contributed by atoms with E-state index in [2.05, 4.69) is 187 Å². The zero-order valence-electron chi connectivity index (χ0n) is 27.3. The van der Waals surface area contributed by atoms with Crippen LogP contribution in [-0.4, -0.2) is 0 Å². The van der Waals surface area contributed by atoms with Gasteiger partial charge in [-0.1, -0.05) is 158 Å². The molecule has 0 atom stereocenters. The Labute approximate surface area is 290 Å². The molecule has 50 heavy (non-hydrogen) atoms. The van der Waals surface area contributed by atoms with Gasteiger partial charge in [0.05, 0.1) is 11.4 Å². The highest BCUT2D eigenvalue weighted by atomic mass is 16.3. The molecule has 0 aliphatic rings. The number of furan rings is 1. The van der Waals surface area contributed by atoms with E-state index < -0.39 is 0 Å². The maximum Gasteiger partial charge on any atom is 0.143 e. The molecule has 0 spiro atoms. The molecule has 1 heterocycles. The van der Waals surface area contributed by atoms with Crippen LogP contribution in [0.2, 0.25) is 0 Å². The van der Waals surface area contributed by atoms with Crippen molar-refractivity contribution in [2.75, 3.05) is 4.90 Å². The molecule has 234 valence electrons. The first-order chi connectivity index (χ1) is 24.8. The lowest BCUT2D eigenvalue weighted by Gasteiger charge is -2.29. The Morgan fingerprint density at radius 1 is 0.340 bits per heavy atom. The van der Waals surface area contributed by atoms with Crippen molar-refractivity contribution in [2.24, 2.45) is 0 Å². The number of para-hydroxylation sites is 1. The van der Waals surface area contributed by atoms with Gasteiger partial charge < -0.3 is 9.32 Å². The summed E-state index contributed by atoms with van der Waals surface area (Å²) in [5, 5.41) is 10.9. The number of hydrogen-bond donors (Lipinski definition) is 0. The molecular formula is C48H31NO. The zero-order valence-corrected chi connectivity index (χ0v) is 27.3. The highest BCUT2D eigenvalue weighted by molar-refractivity contribution is 6.18. The highest BCUT2D eigenvalue weighted by Crippen LogP contribution is 2.48. The molecule has 10 aromatic rings. The van der Waals surface area contributed by atoms with Crippen LogP contribution in [0.5, 0.6) is 0 Å². The molecule has 0 saturated carbocycles. The van der Waals surface area contributed by atoms with Crippen molar-refractivity contribution in [1.29, 1.82) is 0 Å². The molecule has 0 saturated heterocycles. The van der Waals surface area contributed by atoms with Gasteiger partial charge in [-0.15, -0.1) is 0 Å². The maximum absolute atomic E-state index is 6.72. The van der Waals surface area contributed by atoms with Gasteiger partial charge in [-0.25, -0.2) is 0 Å². The van der Waals surface area contributed by atoms with Crippen molar-refractivity contribution in [3.05, 3.63) is 188 Å². The van der Waals surface area contributed by atoms with Crippen LogP contribution < -0.4 is 4.90 Å². The van der Waals surface area contributed by atoms with Crippen molar-refractivity contribution >= 4 is 71.1 Å². The average molecular weight is 638 g/mol. The van der Waals surface area contributed by atoms with Crippen LogP contribution in [0, 0.1) is 0 Å². The Kier molecular flexibility index (Phi) is 6.53. The fourth-order valence-electron chi connectivity index (χ4n) is 7.77. The fraction of sp³-hybridized carbons (Fsp3) is 0. The fourth-order valence-corrected chi connectivity index (χ4v) is 7.77. The minimum Gasteiger partial charge on any atom is -0.455 e. The molecule has 10 rings (SSSR count). The molecular weight excluding hydrogens is 607 g/mol. The predicted octanol–water partition coefficient (Wildman–Crippen LogP) is 13.8. The van der Waals surface area contributed by atoms with Gasteiger partial charge >= 0.3 is 0 Å². The molecule has 0 bridgehead atoms. The van der Waals surface area contributed by atoms with Crippen LogP contribution >= 0.6 is 0 Å². The third kappa shape index (κ3) is 4.50. The zero-order chi connectivity index (χ0) is 33.0. The van der Waals surface area contributed by atoms with E-state index in [9.17, 15) is 0 Å². The SMILES string of the molecule is c1ccc(-c2c(-c3cccc(N(c4cc5ccccc5c5ccccc45)c4cc5ccccc5c5ccccc45)c3)oc3ccccc23)cc1. The second kappa shape index (κ2) is 11.5. The quantitative estimate of drug-likeness (QED) is 0.175. The van der Waals surface area contributed by atoms with Crippen molar-refractivity contribution in [1.82, 2.24) is 0 Å². The molecule has 0 amide bonds. The molecule has 2 heteroatoms. The Bertz CT molecular complexity index is 2760. The van der Waals surface area contributed by atoms with Gasteiger partial charge in [0.2, 0.25) is 0 Å². The first-order valence-electron chi connectivity index (χ1n) is 17.1. The Morgan fingerprint density at radius 2 is 0.820 bits per heavy atom. The molecule has 0 aliphatic carbocycles. The van der Waals surface area contributed by atoms with E-state index in [1.54, 1.807) is 0 Å². The van der Waals surface area contributed by atoms with Gasteiger partial charge in [0.25, 0.3) is 0 Å². The molecule has 2 nitrogen and oxygen atoms in total. The summed E-state index contributed by atoms with van der Waals surface area (Å²) in [6.45, 7) is 0. The second-order valence-corrected chi connectivity index (χ2v) is 12.9. The predicted molar refractivity (Wildman–Crippen MR) is 212 cm³/mol. The molecule has 0 aliphatic heterocycles. The van der Waals surface area contributed by atoms with Crippen LogP contribution in [0.4, 0.5) is 17.1 Å². The molecule has 9 aromatic carbocycles. The van der Waals surface area contributed by atoms with E-state index in [1.807, 2.05) is 6.07 Å². The second-order valence-electron chi connectivity index (χ2n) is 12.9. The lowest BCUT2D eigenvalue weighted by molar-refractivity contribution is 0.632. The van der Waals surface area contributed by atoms with E-state index in [4.69, 9.17) is 4.42 Å². The van der Waals surface area contributed by atoms with E-state index in [0.717, 1.165) is 50.5 Å². The number of benzene rings is 9. The lowest BCUT2D eigenvalue weighted by atomic mass is 9.96. The monoisotopic (exact) mass is 637 g/mol. The van der Waals surface area contributed by atoms with Crippen molar-refractivity contribution < 1.29 is 4.42 Å². The average Bonchev–Trinajstić information content (AvgIpc) is 3.58. The third-order valence-corrected chi connectivity index (χ3v) is 10.00. The Balaban J connectivity index is 1.30. The van der Waals surface area contributed by atoms with E-state index >= 15 is 0 Å². The number of anilines is 3. The summed E-state index contributed by atoms with van der Waals surface area (Å²) in [7, 11) is 0. The molecule has 0 fully saturated rings. The maximum atomic E-state index is 6.72. The van der Waals surface area contributed by atoms with Gasteiger partial charge in [0.1, 0.15) is 11.3 Å². The molecule has 1 aromatic heterocycles. The minimum atomic E-state index is 0.867. The summed E-state index contributed by atoms with van der Waals surface area (Å²) in [6, 6.07) is 67.4. The standard InChI is InChI=1S/C48H31NO/c1-2-15-32(16-3-1)47-43-27-12-13-28-46(43)50-48(47)35-19-14-20-36(29-35)49(44-30-33-17-4-6-21-37(33)39-23-8-10-25-41(39)44)45-31-34-18-5-7-22-38(34)40-24-9-11-26-42(40)45/h1-31H. The highest BCUT2D eigenvalue weighted by Gasteiger charge is 2.23. The van der Waals surface area contributed by atoms with Gasteiger partial charge in [0, 0.05) is 33.0 Å². The van der Waals surface area contributed by atoms with Gasteiger partial charge in [-0.05, 0) is 68.2 Å². The third-order valence-electron chi connectivity index (χ3n) is 10.00. The van der Waals surface area contributed by atoms with Crippen LogP contribution in [0.25, 0.3) is 76.5 Å². The Hall–Kier alpha value is -6.64. The van der Waals surface area contributed by atoms with Gasteiger partial charge in [-0.3, -0.25) is 0 Å². The summed E-state index contributed by atoms with van der Waals surface area (Å²) < 4.78 is 6.72. The molecule has 0 N–H and O–H groups in total. The minimum absolute atomic E-state index is 0.867. The molecule has 0 unspecified atom stereocenters. The van der Waals surface area contributed by atoms with Gasteiger partial charge in [0.15, 0.2) is 0 Å². The largest absolute Gasteiger partial charge is 0.455 e. The van der Waals surface area contributed by atoms with Crippen molar-refractivity contribution in [2.45, 2.75) is 0 Å². The number of hydrogen-bond acceptors (Lipinski definition) is 2. The smallest absolute Gasteiger partial charge is 0.143 e. The number of fused-ring (bicyclic) bond motifs is 7. The van der Waals surface area contributed by atoms with Crippen LogP contribution in [0.1, 0.15) is 0 Å². The van der Waals surface area contributed by atoms with E-state index in [0.29, 0.717) is 0 Å². The first kappa shape index (κ1) is 28.4. The normalized spacial score (nSPS) is 11.6. The van der Waals surface area contributed by atoms with E-state index in [-0.39, 0.29) is 0 Å². The lowest BCUT2D eigenvalue weighted by Crippen LogP contribution is -2.11. The molecule has 0 radical (unpaired) electrons. The summed E-state index contributed by atoms with van der Waals surface area (Å²) in [5.74, 6) is 0.867. The topological polar surface area (TPSA) is 16.4 Å². The van der Waals surface area contributed by atoms with Gasteiger partial charge in [-0.2, -0.15) is 0 Å². The van der Waals surface area contributed by atoms with Crippen molar-refractivity contribution in [3.63, 3.8) is 0 Å². The van der Waals surface area contributed by atoms with Crippen molar-refractivity contribution in [3.8, 4) is 22.5 Å². The van der Waals surface area contributed by atoms with Crippen LogP contribution in [0.15, 0.2) is 192 Å².